The summed E-state index contributed by atoms with van der Waals surface area (Å²) in [6.07, 6.45) is 6.91. The first-order valence-electron chi connectivity index (χ1n) is 11.2. The molecule has 4 fully saturated rings. The molecule has 1 heterocycles. The van der Waals surface area contributed by atoms with Gasteiger partial charge < -0.3 is 9.30 Å². The summed E-state index contributed by atoms with van der Waals surface area (Å²) in [6.45, 7) is 6.39. The molecule has 1 amide bonds. The number of fused-ring (bicyclic) bond motifs is 1. The quantitative estimate of drug-likeness (QED) is 0.675. The average Bonchev–Trinajstić information content (AvgIpc) is 2.97. The van der Waals surface area contributed by atoms with Gasteiger partial charge in [-0.25, -0.2) is 0 Å². The number of hydrogen-bond acceptors (Lipinski definition) is 4. The maximum Gasteiger partial charge on any atom is 0.326 e. The summed E-state index contributed by atoms with van der Waals surface area (Å²) >= 11 is 1.51. The summed E-state index contributed by atoms with van der Waals surface area (Å²) < 4.78 is 8.13. The number of amides is 1. The Bertz CT molecular complexity index is 1060. The number of benzene rings is 1. The number of aryl methyl sites for hydroxylation is 2. The van der Waals surface area contributed by atoms with Crippen LogP contribution in [0.4, 0.5) is 0 Å². The number of aromatic nitrogens is 1. The van der Waals surface area contributed by atoms with E-state index in [1.54, 1.807) is 0 Å². The topological polar surface area (TPSA) is 60.7 Å². The molecule has 0 radical (unpaired) electrons. The number of esters is 1. The van der Waals surface area contributed by atoms with Crippen molar-refractivity contribution in [3.63, 3.8) is 0 Å². The van der Waals surface area contributed by atoms with Gasteiger partial charge in [-0.1, -0.05) is 11.3 Å². The van der Waals surface area contributed by atoms with Crippen molar-refractivity contribution < 1.29 is 14.3 Å². The molecule has 0 N–H and O–H groups in total. The lowest BCUT2D eigenvalue weighted by Gasteiger charge is -2.55. The molecule has 2 aromatic rings. The normalized spacial score (nSPS) is 30.2. The van der Waals surface area contributed by atoms with Crippen LogP contribution in [0.15, 0.2) is 17.1 Å². The summed E-state index contributed by atoms with van der Waals surface area (Å²) in [5, 5.41) is 0. The molecule has 30 heavy (non-hydrogen) atoms. The fourth-order valence-electron chi connectivity index (χ4n) is 6.47. The zero-order chi connectivity index (χ0) is 21.0. The zero-order valence-corrected chi connectivity index (χ0v) is 18.9. The van der Waals surface area contributed by atoms with Crippen molar-refractivity contribution >= 4 is 33.4 Å². The Hall–Kier alpha value is -1.95. The van der Waals surface area contributed by atoms with Crippen LogP contribution in [0, 0.1) is 37.0 Å². The fourth-order valence-corrected chi connectivity index (χ4v) is 7.58. The van der Waals surface area contributed by atoms with Gasteiger partial charge in [0.15, 0.2) is 4.80 Å². The molecule has 0 unspecified atom stereocenters. The summed E-state index contributed by atoms with van der Waals surface area (Å²) in [4.78, 5) is 31.2. The van der Waals surface area contributed by atoms with Crippen molar-refractivity contribution in [1.82, 2.24) is 4.57 Å². The molecule has 6 rings (SSSR count). The molecule has 4 aliphatic rings. The molecule has 0 spiro atoms. The standard InChI is InChI=1S/C24H30N2O3S/c1-4-29-21(27)13-26-19-5-14(2)15(3)6-20(19)30-23(26)25-22(28)24-10-16-7-17(11-24)9-18(8-16)12-24/h5-6,16-18H,4,7-13H2,1-3H3. The van der Waals surface area contributed by atoms with Gasteiger partial charge in [-0.3, -0.25) is 9.59 Å². The predicted octanol–water partition coefficient (Wildman–Crippen LogP) is 4.53. The smallest absolute Gasteiger partial charge is 0.326 e. The van der Waals surface area contributed by atoms with Gasteiger partial charge in [0, 0.05) is 0 Å². The number of rotatable bonds is 4. The third-order valence-electron chi connectivity index (χ3n) is 7.58. The third-order valence-corrected chi connectivity index (χ3v) is 8.62. The minimum Gasteiger partial charge on any atom is -0.465 e. The molecule has 1 aromatic heterocycles. The zero-order valence-electron chi connectivity index (χ0n) is 18.1. The molecular weight excluding hydrogens is 396 g/mol. The van der Waals surface area contributed by atoms with Gasteiger partial charge in [-0.05, 0) is 100 Å². The Morgan fingerprint density at radius 3 is 2.30 bits per heavy atom. The number of ether oxygens (including phenoxy) is 1. The van der Waals surface area contributed by atoms with Crippen LogP contribution >= 0.6 is 11.3 Å². The van der Waals surface area contributed by atoms with E-state index in [0.29, 0.717) is 29.2 Å². The second-order valence-electron chi connectivity index (χ2n) is 9.79. The monoisotopic (exact) mass is 426 g/mol. The molecule has 0 atom stereocenters. The van der Waals surface area contributed by atoms with Crippen molar-refractivity contribution in [2.24, 2.45) is 28.2 Å². The molecule has 4 aliphatic carbocycles. The number of carbonyl (C=O) groups is 2. The maximum atomic E-state index is 13.6. The highest BCUT2D eigenvalue weighted by atomic mass is 32.1. The first-order chi connectivity index (χ1) is 14.4. The Labute approximate surface area is 181 Å². The van der Waals surface area contributed by atoms with Crippen molar-refractivity contribution in [2.75, 3.05) is 6.61 Å². The first-order valence-corrected chi connectivity index (χ1v) is 12.0. The molecule has 1 aromatic carbocycles. The minimum atomic E-state index is -0.292. The Morgan fingerprint density at radius 2 is 1.70 bits per heavy atom. The van der Waals surface area contributed by atoms with Gasteiger partial charge >= 0.3 is 5.97 Å². The van der Waals surface area contributed by atoms with Gasteiger partial charge in [0.2, 0.25) is 0 Å². The van der Waals surface area contributed by atoms with E-state index in [-0.39, 0.29) is 23.8 Å². The van der Waals surface area contributed by atoms with E-state index >= 15 is 0 Å². The Kier molecular flexibility index (Phi) is 4.88. The van der Waals surface area contributed by atoms with Crippen LogP contribution in [0.1, 0.15) is 56.6 Å². The molecule has 160 valence electrons. The van der Waals surface area contributed by atoms with Gasteiger partial charge in [0.1, 0.15) is 6.54 Å². The molecule has 4 bridgehead atoms. The van der Waals surface area contributed by atoms with Crippen molar-refractivity contribution in [1.29, 1.82) is 0 Å². The predicted molar refractivity (Wildman–Crippen MR) is 117 cm³/mol. The van der Waals surface area contributed by atoms with E-state index < -0.39 is 0 Å². The molecule has 0 saturated heterocycles. The summed E-state index contributed by atoms with van der Waals surface area (Å²) in [5.41, 5.74) is 3.05. The molecule has 0 aliphatic heterocycles. The van der Waals surface area contributed by atoms with Crippen molar-refractivity contribution in [3.05, 3.63) is 28.1 Å². The van der Waals surface area contributed by atoms with E-state index in [2.05, 4.69) is 26.0 Å². The summed E-state index contributed by atoms with van der Waals surface area (Å²) in [5.74, 6) is 1.86. The molecule has 4 saturated carbocycles. The van der Waals surface area contributed by atoms with Gasteiger partial charge in [-0.2, -0.15) is 4.99 Å². The van der Waals surface area contributed by atoms with Crippen LogP contribution in [-0.2, 0) is 20.9 Å². The highest BCUT2D eigenvalue weighted by molar-refractivity contribution is 7.16. The van der Waals surface area contributed by atoms with E-state index in [1.807, 2.05) is 11.5 Å². The second-order valence-corrected chi connectivity index (χ2v) is 10.8. The maximum absolute atomic E-state index is 13.6. The number of carbonyl (C=O) groups excluding carboxylic acids is 2. The highest BCUT2D eigenvalue weighted by Crippen LogP contribution is 2.60. The largest absolute Gasteiger partial charge is 0.465 e. The van der Waals surface area contributed by atoms with Crippen LogP contribution in [0.25, 0.3) is 10.2 Å². The van der Waals surface area contributed by atoms with Crippen LogP contribution in [0.2, 0.25) is 0 Å². The minimum absolute atomic E-state index is 0.0409. The van der Waals surface area contributed by atoms with E-state index in [9.17, 15) is 9.59 Å². The van der Waals surface area contributed by atoms with Gasteiger partial charge in [0.25, 0.3) is 5.91 Å². The highest BCUT2D eigenvalue weighted by Gasteiger charge is 2.54. The van der Waals surface area contributed by atoms with Crippen LogP contribution < -0.4 is 4.80 Å². The lowest BCUT2D eigenvalue weighted by atomic mass is 9.49. The van der Waals surface area contributed by atoms with Gasteiger partial charge in [0.05, 0.1) is 22.2 Å². The summed E-state index contributed by atoms with van der Waals surface area (Å²) in [7, 11) is 0. The van der Waals surface area contributed by atoms with Gasteiger partial charge in [-0.15, -0.1) is 0 Å². The number of thiazole rings is 1. The summed E-state index contributed by atoms with van der Waals surface area (Å²) in [6, 6.07) is 4.22. The van der Waals surface area contributed by atoms with Crippen LogP contribution in [0.5, 0.6) is 0 Å². The molecule has 5 nitrogen and oxygen atoms in total. The average molecular weight is 427 g/mol. The first kappa shape index (κ1) is 20.0. The Morgan fingerprint density at radius 1 is 1.10 bits per heavy atom. The van der Waals surface area contributed by atoms with Crippen molar-refractivity contribution in [2.45, 2.75) is 65.8 Å². The number of nitrogens with zero attached hydrogens (tertiary/aromatic N) is 2. The third kappa shape index (κ3) is 3.33. The lowest BCUT2D eigenvalue weighted by Crippen LogP contribution is -2.50. The van der Waals surface area contributed by atoms with E-state index in [1.165, 1.54) is 36.2 Å². The SMILES string of the molecule is CCOC(=O)Cn1c(=NC(=O)C23CC4CC(CC(C4)C2)C3)sc2cc(C)c(C)cc21. The van der Waals surface area contributed by atoms with Crippen LogP contribution in [0.3, 0.4) is 0 Å². The number of hydrogen-bond donors (Lipinski definition) is 0. The lowest BCUT2D eigenvalue weighted by molar-refractivity contribution is -0.144. The fraction of sp³-hybridized carbons (Fsp3) is 0.625. The molecule has 6 heteroatoms. The molecular formula is C24H30N2O3S. The van der Waals surface area contributed by atoms with E-state index in [4.69, 9.17) is 9.73 Å². The van der Waals surface area contributed by atoms with Crippen LogP contribution in [-0.4, -0.2) is 23.1 Å². The Balaban J connectivity index is 1.58. The second kappa shape index (κ2) is 7.33. The van der Waals surface area contributed by atoms with E-state index in [0.717, 1.165) is 35.0 Å². The van der Waals surface area contributed by atoms with Crippen molar-refractivity contribution in [3.8, 4) is 0 Å².